The van der Waals surface area contributed by atoms with Crippen LogP contribution in [0.5, 0.6) is 0 Å². The summed E-state index contributed by atoms with van der Waals surface area (Å²) in [6, 6.07) is 2.38. The molecule has 6 heteroatoms. The van der Waals surface area contributed by atoms with Gasteiger partial charge in [-0.25, -0.2) is 0 Å². The van der Waals surface area contributed by atoms with Crippen LogP contribution in [0.25, 0.3) is 0 Å². The van der Waals surface area contributed by atoms with E-state index in [1.807, 2.05) is 0 Å². The van der Waals surface area contributed by atoms with Gasteiger partial charge < -0.3 is 15.3 Å². The largest absolute Gasteiger partial charge is 0.390 e. The van der Waals surface area contributed by atoms with Gasteiger partial charge in [-0.2, -0.15) is 5.26 Å². The summed E-state index contributed by atoms with van der Waals surface area (Å²) in [4.78, 5) is 14.0. The van der Waals surface area contributed by atoms with E-state index in [2.05, 4.69) is 25.2 Å². The summed E-state index contributed by atoms with van der Waals surface area (Å²) in [6.07, 6.45) is 5.69. The third kappa shape index (κ3) is 3.71. The second kappa shape index (κ2) is 7.59. The van der Waals surface area contributed by atoms with Crippen molar-refractivity contribution in [1.82, 2.24) is 10.2 Å². The third-order valence-electron chi connectivity index (χ3n) is 6.41. The molecule has 2 unspecified atom stereocenters. The van der Waals surface area contributed by atoms with Gasteiger partial charge in [-0.05, 0) is 56.3 Å². The van der Waals surface area contributed by atoms with Crippen molar-refractivity contribution in [2.45, 2.75) is 70.1 Å². The number of rotatable bonds is 4. The highest BCUT2D eigenvalue weighted by atomic mass is 35.5. The van der Waals surface area contributed by atoms with Crippen molar-refractivity contribution in [3.8, 4) is 6.07 Å². The van der Waals surface area contributed by atoms with Crippen LogP contribution in [-0.2, 0) is 4.79 Å². The fourth-order valence-corrected chi connectivity index (χ4v) is 4.87. The van der Waals surface area contributed by atoms with Gasteiger partial charge in [0.25, 0.3) is 0 Å². The highest BCUT2D eigenvalue weighted by Gasteiger charge is 2.49. The highest BCUT2D eigenvalue weighted by Crippen LogP contribution is 2.51. The SMILES string of the molecule is CC(C)C1(O)C[C@H]2CC(NCC(=O)N3CCC[C@H]3C#N)C[C@H]2C1.Cl. The number of hydrogen-bond donors (Lipinski definition) is 2. The van der Waals surface area contributed by atoms with Crippen molar-refractivity contribution in [3.63, 3.8) is 0 Å². The summed E-state index contributed by atoms with van der Waals surface area (Å²) in [7, 11) is 0. The number of nitriles is 1. The number of amides is 1. The van der Waals surface area contributed by atoms with Crippen LogP contribution in [0.3, 0.4) is 0 Å². The lowest BCUT2D eigenvalue weighted by molar-refractivity contribution is -0.130. The van der Waals surface area contributed by atoms with E-state index in [9.17, 15) is 9.90 Å². The van der Waals surface area contributed by atoms with Crippen molar-refractivity contribution >= 4 is 18.3 Å². The lowest BCUT2D eigenvalue weighted by atomic mass is 9.86. The van der Waals surface area contributed by atoms with Crippen molar-refractivity contribution in [2.24, 2.45) is 17.8 Å². The fraction of sp³-hybridized carbons (Fsp3) is 0.889. The molecule has 5 atom stereocenters. The maximum absolute atomic E-state index is 12.3. The molecule has 2 saturated carbocycles. The van der Waals surface area contributed by atoms with Crippen LogP contribution in [0.4, 0.5) is 0 Å². The summed E-state index contributed by atoms with van der Waals surface area (Å²) < 4.78 is 0. The van der Waals surface area contributed by atoms with Crippen LogP contribution in [0.2, 0.25) is 0 Å². The van der Waals surface area contributed by atoms with Gasteiger partial charge in [-0.15, -0.1) is 12.4 Å². The molecule has 2 aliphatic carbocycles. The van der Waals surface area contributed by atoms with Crippen LogP contribution in [0.15, 0.2) is 0 Å². The summed E-state index contributed by atoms with van der Waals surface area (Å²) in [5.41, 5.74) is -0.480. The second-order valence-corrected chi connectivity index (χ2v) is 8.11. The molecule has 0 radical (unpaired) electrons. The van der Waals surface area contributed by atoms with Gasteiger partial charge in [0.15, 0.2) is 0 Å². The van der Waals surface area contributed by atoms with Crippen molar-refractivity contribution in [3.05, 3.63) is 0 Å². The summed E-state index contributed by atoms with van der Waals surface area (Å²) in [6.45, 7) is 5.28. The standard InChI is InChI=1S/C18H29N3O2.ClH/c1-12(2)18(23)8-13-6-15(7-14(13)9-18)20-11-17(22)21-5-3-4-16(21)10-19;/h12-16,20,23H,3-9,11H2,1-2H3;1H/t13-,14+,15?,16-,18?;/m0./s1. The monoisotopic (exact) mass is 355 g/mol. The van der Waals surface area contributed by atoms with E-state index in [1.165, 1.54) is 0 Å². The lowest BCUT2D eigenvalue weighted by Crippen LogP contribution is -2.43. The first-order valence-electron chi connectivity index (χ1n) is 9.08. The highest BCUT2D eigenvalue weighted by molar-refractivity contribution is 5.85. The van der Waals surface area contributed by atoms with Gasteiger partial charge in [0, 0.05) is 12.6 Å². The van der Waals surface area contributed by atoms with Crippen molar-refractivity contribution in [1.29, 1.82) is 5.26 Å². The third-order valence-corrected chi connectivity index (χ3v) is 6.41. The molecule has 5 nitrogen and oxygen atoms in total. The van der Waals surface area contributed by atoms with Crippen LogP contribution >= 0.6 is 12.4 Å². The molecule has 3 rings (SSSR count). The maximum Gasteiger partial charge on any atom is 0.237 e. The second-order valence-electron chi connectivity index (χ2n) is 8.11. The predicted octanol–water partition coefficient (Wildman–Crippen LogP) is 2.09. The van der Waals surface area contributed by atoms with E-state index in [0.717, 1.165) is 45.1 Å². The average molecular weight is 356 g/mol. The summed E-state index contributed by atoms with van der Waals surface area (Å²) >= 11 is 0. The Kier molecular flexibility index (Phi) is 6.17. The van der Waals surface area contributed by atoms with Crippen LogP contribution < -0.4 is 5.32 Å². The van der Waals surface area contributed by atoms with Crippen LogP contribution in [-0.4, -0.2) is 46.7 Å². The average Bonchev–Trinajstić information content (AvgIpc) is 3.17. The Balaban J connectivity index is 0.00000208. The Morgan fingerprint density at radius 1 is 1.38 bits per heavy atom. The Bertz CT molecular complexity index is 491. The first-order valence-corrected chi connectivity index (χ1v) is 9.08. The Morgan fingerprint density at radius 2 is 2.00 bits per heavy atom. The first kappa shape index (κ1) is 19.5. The molecule has 1 saturated heterocycles. The van der Waals surface area contributed by atoms with Crippen molar-refractivity contribution in [2.75, 3.05) is 13.1 Å². The molecule has 24 heavy (non-hydrogen) atoms. The molecule has 0 aromatic carbocycles. The number of hydrogen-bond acceptors (Lipinski definition) is 4. The number of aliphatic hydroxyl groups is 1. The molecule has 1 aliphatic heterocycles. The molecular weight excluding hydrogens is 326 g/mol. The van der Waals surface area contributed by atoms with Gasteiger partial charge >= 0.3 is 0 Å². The molecule has 136 valence electrons. The normalized spacial score (nSPS) is 38.0. The smallest absolute Gasteiger partial charge is 0.237 e. The number of halogens is 1. The van der Waals surface area contributed by atoms with Gasteiger partial charge in [0.2, 0.25) is 5.91 Å². The van der Waals surface area contributed by atoms with E-state index in [4.69, 9.17) is 5.26 Å². The molecule has 0 aromatic heterocycles. The first-order chi connectivity index (χ1) is 10.9. The predicted molar refractivity (Wildman–Crippen MR) is 94.6 cm³/mol. The van der Waals surface area contributed by atoms with Crippen LogP contribution in [0.1, 0.15) is 52.4 Å². The van der Waals surface area contributed by atoms with E-state index in [-0.39, 0.29) is 24.4 Å². The van der Waals surface area contributed by atoms with Gasteiger partial charge in [0.05, 0.1) is 18.2 Å². The molecule has 0 bridgehead atoms. The van der Waals surface area contributed by atoms with E-state index < -0.39 is 5.60 Å². The molecule has 0 aromatic rings. The summed E-state index contributed by atoms with van der Waals surface area (Å²) in [5, 5.41) is 23.2. The van der Waals surface area contributed by atoms with Gasteiger partial charge in [-0.3, -0.25) is 4.79 Å². The number of nitrogens with zero attached hydrogens (tertiary/aromatic N) is 2. The quantitative estimate of drug-likeness (QED) is 0.809. The Hall–Kier alpha value is -0.830. The van der Waals surface area contributed by atoms with E-state index in [0.29, 0.717) is 30.3 Å². The lowest BCUT2D eigenvalue weighted by Gasteiger charge is -2.29. The molecule has 2 N–H and O–H groups in total. The molecule has 0 spiro atoms. The van der Waals surface area contributed by atoms with E-state index in [1.54, 1.807) is 4.90 Å². The minimum atomic E-state index is -0.480. The number of nitrogens with one attached hydrogen (secondary N) is 1. The maximum atomic E-state index is 12.3. The minimum absolute atomic E-state index is 0. The van der Waals surface area contributed by atoms with Crippen LogP contribution in [0, 0.1) is 29.1 Å². The molecular formula is C18H30ClN3O2. The van der Waals surface area contributed by atoms with Gasteiger partial charge in [-0.1, -0.05) is 13.8 Å². The van der Waals surface area contributed by atoms with E-state index >= 15 is 0 Å². The Labute approximate surface area is 151 Å². The molecule has 1 amide bonds. The van der Waals surface area contributed by atoms with Gasteiger partial charge in [0.1, 0.15) is 6.04 Å². The molecule has 3 fully saturated rings. The molecule has 1 heterocycles. The number of carbonyl (C=O) groups is 1. The number of likely N-dealkylation sites (tertiary alicyclic amines) is 1. The zero-order valence-electron chi connectivity index (χ0n) is 14.7. The zero-order chi connectivity index (χ0) is 16.6. The molecule has 3 aliphatic rings. The number of fused-ring (bicyclic) bond motifs is 1. The fourth-order valence-electron chi connectivity index (χ4n) is 4.87. The van der Waals surface area contributed by atoms with Crippen molar-refractivity contribution < 1.29 is 9.90 Å². The summed E-state index contributed by atoms with van der Waals surface area (Å²) in [5.74, 6) is 1.56. The Morgan fingerprint density at radius 3 is 2.54 bits per heavy atom. The minimum Gasteiger partial charge on any atom is -0.390 e. The zero-order valence-corrected chi connectivity index (χ0v) is 15.5. The topological polar surface area (TPSA) is 76.4 Å². The number of carbonyl (C=O) groups excluding carboxylic acids is 1.